The molecule has 0 bridgehead atoms. The summed E-state index contributed by atoms with van der Waals surface area (Å²) in [7, 11) is 0. The van der Waals surface area contributed by atoms with E-state index in [1.807, 2.05) is 13.8 Å². The Labute approximate surface area is 94.3 Å². The molecule has 1 nitrogen and oxygen atoms in total. The SMILES string of the molecule is CCC(C=O)CC.[Ba+2].[H-].[H-]. The molecule has 0 aliphatic rings. The maximum Gasteiger partial charge on any atom is 2.00 e. The van der Waals surface area contributed by atoms with Crippen molar-refractivity contribution in [3.8, 4) is 0 Å². The predicted octanol–water partition coefficient (Wildman–Crippen LogP) is 1.47. The van der Waals surface area contributed by atoms with Gasteiger partial charge < -0.3 is 7.65 Å². The molecule has 0 aromatic heterocycles. The molecular formula is C6H14BaO. The van der Waals surface area contributed by atoms with Crippen LogP contribution in [0.1, 0.15) is 29.5 Å². The second-order valence-electron chi connectivity index (χ2n) is 1.71. The van der Waals surface area contributed by atoms with Gasteiger partial charge in [0.2, 0.25) is 0 Å². The molecular weight excluding hydrogens is 225 g/mol. The molecule has 0 rings (SSSR count). The van der Waals surface area contributed by atoms with Gasteiger partial charge in [-0.3, -0.25) is 0 Å². The Morgan fingerprint density at radius 3 is 1.88 bits per heavy atom. The van der Waals surface area contributed by atoms with Crippen LogP contribution in [0.5, 0.6) is 0 Å². The maximum absolute atomic E-state index is 9.97. The molecule has 0 aliphatic carbocycles. The van der Waals surface area contributed by atoms with Gasteiger partial charge in [-0.25, -0.2) is 0 Å². The van der Waals surface area contributed by atoms with Crippen molar-refractivity contribution in [2.24, 2.45) is 5.92 Å². The van der Waals surface area contributed by atoms with E-state index >= 15 is 0 Å². The molecule has 8 heavy (non-hydrogen) atoms. The van der Waals surface area contributed by atoms with Gasteiger partial charge in [0, 0.05) is 5.92 Å². The number of rotatable bonds is 3. The van der Waals surface area contributed by atoms with Crippen molar-refractivity contribution in [1.29, 1.82) is 0 Å². The fourth-order valence-corrected chi connectivity index (χ4v) is 0.481. The standard InChI is InChI=1S/C6H12O.Ba.2H/c1-3-6(4-2)5-7;;;/h5-6H,3-4H2,1-2H3;;;/q;+2;2*-1. The van der Waals surface area contributed by atoms with Crippen LogP contribution in [0.4, 0.5) is 0 Å². The molecule has 0 fully saturated rings. The third-order valence-corrected chi connectivity index (χ3v) is 1.24. The van der Waals surface area contributed by atoms with Gasteiger partial charge in [0.15, 0.2) is 0 Å². The molecule has 0 saturated heterocycles. The van der Waals surface area contributed by atoms with Crippen LogP contribution in [0.3, 0.4) is 0 Å². The molecule has 0 amide bonds. The molecule has 0 aromatic rings. The molecule has 2 heteroatoms. The summed E-state index contributed by atoms with van der Waals surface area (Å²) in [6.45, 7) is 4.06. The third-order valence-electron chi connectivity index (χ3n) is 1.24. The summed E-state index contributed by atoms with van der Waals surface area (Å²) in [5, 5.41) is 0. The molecule has 46 valence electrons. The first-order valence-electron chi connectivity index (χ1n) is 2.80. The molecule has 0 radical (unpaired) electrons. The van der Waals surface area contributed by atoms with Crippen LogP contribution in [0.2, 0.25) is 0 Å². The van der Waals surface area contributed by atoms with Crippen LogP contribution >= 0.6 is 0 Å². The molecule has 0 spiro atoms. The second-order valence-corrected chi connectivity index (χ2v) is 1.71. The van der Waals surface area contributed by atoms with Gasteiger partial charge in [0.05, 0.1) is 0 Å². The van der Waals surface area contributed by atoms with Gasteiger partial charge in [0.1, 0.15) is 6.29 Å². The predicted molar refractivity (Wildman–Crippen MR) is 38.1 cm³/mol. The van der Waals surface area contributed by atoms with Crippen molar-refractivity contribution in [2.45, 2.75) is 26.7 Å². The van der Waals surface area contributed by atoms with E-state index in [1.165, 1.54) is 0 Å². The quantitative estimate of drug-likeness (QED) is 0.538. The molecule has 0 heterocycles. The van der Waals surface area contributed by atoms with E-state index in [2.05, 4.69) is 0 Å². The zero-order valence-electron chi connectivity index (χ0n) is 7.68. The average Bonchev–Trinajstić information content (AvgIpc) is 1.72. The summed E-state index contributed by atoms with van der Waals surface area (Å²) in [6, 6.07) is 0. The summed E-state index contributed by atoms with van der Waals surface area (Å²) in [6.07, 6.45) is 3.00. The number of aldehydes is 1. The van der Waals surface area contributed by atoms with Gasteiger partial charge >= 0.3 is 48.9 Å². The largest absolute Gasteiger partial charge is 2.00 e. The Morgan fingerprint density at radius 1 is 1.50 bits per heavy atom. The second kappa shape index (κ2) is 8.24. The number of hydrogen-bond donors (Lipinski definition) is 0. The molecule has 0 N–H and O–H groups in total. The molecule has 0 saturated carbocycles. The third kappa shape index (κ3) is 5.38. The summed E-state index contributed by atoms with van der Waals surface area (Å²) >= 11 is 0. The van der Waals surface area contributed by atoms with Gasteiger partial charge in [-0.15, -0.1) is 0 Å². The zero-order chi connectivity index (χ0) is 5.70. The minimum Gasteiger partial charge on any atom is -1.00 e. The molecule has 0 aliphatic heterocycles. The first-order valence-corrected chi connectivity index (χ1v) is 2.80. The van der Waals surface area contributed by atoms with Crippen LogP contribution in [-0.2, 0) is 4.79 Å². The van der Waals surface area contributed by atoms with Crippen LogP contribution < -0.4 is 0 Å². The fourth-order valence-electron chi connectivity index (χ4n) is 0.481. The van der Waals surface area contributed by atoms with Crippen molar-refractivity contribution < 1.29 is 7.65 Å². The summed E-state index contributed by atoms with van der Waals surface area (Å²) in [4.78, 5) is 9.97. The first kappa shape index (κ1) is 12.0. The van der Waals surface area contributed by atoms with Crippen LogP contribution in [-0.4, -0.2) is 55.2 Å². The molecule has 0 unspecified atom stereocenters. The van der Waals surface area contributed by atoms with E-state index < -0.39 is 0 Å². The Balaban J connectivity index is -0.0000000600. The van der Waals surface area contributed by atoms with Crippen LogP contribution in [0, 0.1) is 5.92 Å². The Kier molecular flexibility index (Phi) is 12.3. The minimum atomic E-state index is 0. The molecule has 0 aromatic carbocycles. The monoisotopic (exact) mass is 240 g/mol. The van der Waals surface area contributed by atoms with Crippen LogP contribution in [0.25, 0.3) is 0 Å². The minimum absolute atomic E-state index is 0. The van der Waals surface area contributed by atoms with Crippen molar-refractivity contribution in [1.82, 2.24) is 0 Å². The van der Waals surface area contributed by atoms with E-state index in [9.17, 15) is 4.79 Å². The van der Waals surface area contributed by atoms with E-state index in [1.54, 1.807) is 0 Å². The Bertz CT molecular complexity index is 57.7. The van der Waals surface area contributed by atoms with Crippen molar-refractivity contribution >= 4 is 55.2 Å². The van der Waals surface area contributed by atoms with E-state index in [-0.39, 0.29) is 51.7 Å². The summed E-state index contributed by atoms with van der Waals surface area (Å²) in [5.41, 5.74) is 0. The average molecular weight is 240 g/mol. The first-order chi connectivity index (χ1) is 3.35. The van der Waals surface area contributed by atoms with Crippen molar-refractivity contribution in [3.63, 3.8) is 0 Å². The van der Waals surface area contributed by atoms with Crippen molar-refractivity contribution in [2.75, 3.05) is 0 Å². The van der Waals surface area contributed by atoms with E-state index in [0.29, 0.717) is 5.92 Å². The zero-order valence-corrected chi connectivity index (χ0v) is 10.1. The van der Waals surface area contributed by atoms with Gasteiger partial charge in [-0.05, 0) is 12.8 Å². The van der Waals surface area contributed by atoms with Crippen molar-refractivity contribution in [3.05, 3.63) is 0 Å². The normalized spacial score (nSPS) is 8.38. The smallest absolute Gasteiger partial charge is 1.00 e. The number of hydrogen-bond acceptors (Lipinski definition) is 1. The number of carbonyl (C=O) groups excluding carboxylic acids is 1. The van der Waals surface area contributed by atoms with Crippen LogP contribution in [0.15, 0.2) is 0 Å². The summed E-state index contributed by atoms with van der Waals surface area (Å²) < 4.78 is 0. The Morgan fingerprint density at radius 2 is 1.88 bits per heavy atom. The molecule has 0 atom stereocenters. The van der Waals surface area contributed by atoms with E-state index in [0.717, 1.165) is 19.1 Å². The summed E-state index contributed by atoms with van der Waals surface area (Å²) in [5.74, 6) is 0.306. The topological polar surface area (TPSA) is 17.1 Å². The van der Waals surface area contributed by atoms with Gasteiger partial charge in [-0.2, -0.15) is 0 Å². The van der Waals surface area contributed by atoms with Gasteiger partial charge in [0.25, 0.3) is 0 Å². The fraction of sp³-hybridized carbons (Fsp3) is 0.833. The maximum atomic E-state index is 9.97. The number of carbonyl (C=O) groups is 1. The van der Waals surface area contributed by atoms with Gasteiger partial charge in [-0.1, -0.05) is 13.8 Å². The Hall–Kier alpha value is 1.24. The van der Waals surface area contributed by atoms with E-state index in [4.69, 9.17) is 0 Å².